The number of nitrogens with one attached hydrogen (secondary N) is 1. The standard InChI is InChI=1S/C21H25NO3/c1-3-15-24-18-12-9-17(10-13-18)11-14-21(23)22-19-7-5-6-8-20(19)25-16-4-2/h5-14H,3-4,15-16H2,1-2H3,(H,22,23)/b14-11+. The molecule has 2 rings (SSSR count). The van der Waals surface area contributed by atoms with Gasteiger partial charge in [0.25, 0.3) is 0 Å². The lowest BCUT2D eigenvalue weighted by atomic mass is 10.2. The summed E-state index contributed by atoms with van der Waals surface area (Å²) >= 11 is 0. The molecule has 0 heterocycles. The number of para-hydroxylation sites is 2. The highest BCUT2D eigenvalue weighted by atomic mass is 16.5. The molecule has 25 heavy (non-hydrogen) atoms. The number of ether oxygens (including phenoxy) is 2. The second-order valence-corrected chi connectivity index (χ2v) is 5.58. The Morgan fingerprint density at radius 2 is 1.64 bits per heavy atom. The molecule has 0 saturated heterocycles. The zero-order valence-electron chi connectivity index (χ0n) is 14.8. The zero-order valence-corrected chi connectivity index (χ0v) is 14.8. The second kappa shape index (κ2) is 10.2. The highest BCUT2D eigenvalue weighted by Gasteiger charge is 2.05. The highest BCUT2D eigenvalue weighted by Crippen LogP contribution is 2.24. The molecule has 0 aliphatic carbocycles. The Morgan fingerprint density at radius 3 is 2.36 bits per heavy atom. The maximum absolute atomic E-state index is 12.1. The van der Waals surface area contributed by atoms with E-state index in [1.165, 1.54) is 6.08 Å². The maximum Gasteiger partial charge on any atom is 0.248 e. The fraction of sp³-hybridized carbons (Fsp3) is 0.286. The van der Waals surface area contributed by atoms with Crippen molar-refractivity contribution in [3.63, 3.8) is 0 Å². The lowest BCUT2D eigenvalue weighted by molar-refractivity contribution is -0.111. The van der Waals surface area contributed by atoms with Crippen molar-refractivity contribution < 1.29 is 14.3 Å². The molecule has 0 spiro atoms. The van der Waals surface area contributed by atoms with Crippen LogP contribution in [0.25, 0.3) is 6.08 Å². The van der Waals surface area contributed by atoms with Gasteiger partial charge in [-0.05, 0) is 48.7 Å². The van der Waals surface area contributed by atoms with E-state index in [1.54, 1.807) is 6.08 Å². The number of amides is 1. The van der Waals surface area contributed by atoms with E-state index in [0.717, 1.165) is 24.2 Å². The third-order valence-electron chi connectivity index (χ3n) is 3.39. The summed E-state index contributed by atoms with van der Waals surface area (Å²) in [7, 11) is 0. The average Bonchev–Trinajstić information content (AvgIpc) is 2.65. The molecule has 2 aromatic rings. The van der Waals surface area contributed by atoms with Gasteiger partial charge >= 0.3 is 0 Å². The first kappa shape index (κ1) is 18.6. The Balaban J connectivity index is 1.94. The van der Waals surface area contributed by atoms with Gasteiger partial charge in [0, 0.05) is 6.08 Å². The first-order valence-electron chi connectivity index (χ1n) is 8.66. The van der Waals surface area contributed by atoms with Gasteiger partial charge in [-0.2, -0.15) is 0 Å². The maximum atomic E-state index is 12.1. The summed E-state index contributed by atoms with van der Waals surface area (Å²) in [6.45, 7) is 5.44. The summed E-state index contributed by atoms with van der Waals surface area (Å²) in [5.74, 6) is 1.33. The third-order valence-corrected chi connectivity index (χ3v) is 3.39. The fourth-order valence-electron chi connectivity index (χ4n) is 2.15. The van der Waals surface area contributed by atoms with Gasteiger partial charge in [-0.15, -0.1) is 0 Å². The SMILES string of the molecule is CCCOc1ccc(/C=C/C(=O)Nc2ccccc2OCCC)cc1. The van der Waals surface area contributed by atoms with E-state index in [1.807, 2.05) is 55.5 Å². The minimum absolute atomic E-state index is 0.196. The van der Waals surface area contributed by atoms with Gasteiger partial charge in [-0.1, -0.05) is 38.1 Å². The van der Waals surface area contributed by atoms with Crippen molar-refractivity contribution in [3.8, 4) is 11.5 Å². The monoisotopic (exact) mass is 339 g/mol. The van der Waals surface area contributed by atoms with Gasteiger partial charge in [0.2, 0.25) is 5.91 Å². The minimum atomic E-state index is -0.196. The van der Waals surface area contributed by atoms with Crippen molar-refractivity contribution in [1.82, 2.24) is 0 Å². The number of benzene rings is 2. The Morgan fingerprint density at radius 1 is 0.960 bits per heavy atom. The van der Waals surface area contributed by atoms with Gasteiger partial charge < -0.3 is 14.8 Å². The van der Waals surface area contributed by atoms with E-state index in [0.29, 0.717) is 24.7 Å². The van der Waals surface area contributed by atoms with Crippen molar-refractivity contribution in [2.24, 2.45) is 0 Å². The summed E-state index contributed by atoms with van der Waals surface area (Å²) < 4.78 is 11.2. The van der Waals surface area contributed by atoms with Crippen LogP contribution < -0.4 is 14.8 Å². The third kappa shape index (κ3) is 6.34. The largest absolute Gasteiger partial charge is 0.494 e. The number of carbonyl (C=O) groups excluding carboxylic acids is 1. The smallest absolute Gasteiger partial charge is 0.248 e. The van der Waals surface area contributed by atoms with Crippen LogP contribution >= 0.6 is 0 Å². The van der Waals surface area contributed by atoms with Gasteiger partial charge in [0.05, 0.1) is 18.9 Å². The van der Waals surface area contributed by atoms with E-state index in [9.17, 15) is 4.79 Å². The Hall–Kier alpha value is -2.75. The van der Waals surface area contributed by atoms with Crippen LogP contribution in [0.15, 0.2) is 54.6 Å². The molecule has 0 bridgehead atoms. The van der Waals surface area contributed by atoms with E-state index < -0.39 is 0 Å². The van der Waals surface area contributed by atoms with Crippen molar-refractivity contribution in [1.29, 1.82) is 0 Å². The number of rotatable bonds is 9. The number of hydrogen-bond donors (Lipinski definition) is 1. The van der Waals surface area contributed by atoms with Crippen LogP contribution in [0.1, 0.15) is 32.3 Å². The molecule has 0 unspecified atom stereocenters. The van der Waals surface area contributed by atoms with Crippen LogP contribution in [0.5, 0.6) is 11.5 Å². The molecule has 4 nitrogen and oxygen atoms in total. The molecule has 1 N–H and O–H groups in total. The van der Waals surface area contributed by atoms with E-state index in [4.69, 9.17) is 9.47 Å². The molecule has 4 heteroatoms. The predicted molar refractivity (Wildman–Crippen MR) is 102 cm³/mol. The van der Waals surface area contributed by atoms with Crippen molar-refractivity contribution in [3.05, 3.63) is 60.2 Å². The fourth-order valence-corrected chi connectivity index (χ4v) is 2.15. The molecular weight excluding hydrogens is 314 g/mol. The molecular formula is C21H25NO3. The average molecular weight is 339 g/mol. The van der Waals surface area contributed by atoms with E-state index in [2.05, 4.69) is 12.2 Å². The Labute approximate surface area is 149 Å². The molecule has 0 saturated carbocycles. The lowest BCUT2D eigenvalue weighted by Gasteiger charge is -2.10. The summed E-state index contributed by atoms with van der Waals surface area (Å²) in [4.78, 5) is 12.1. The molecule has 2 aromatic carbocycles. The number of anilines is 1. The molecule has 1 amide bonds. The lowest BCUT2D eigenvalue weighted by Crippen LogP contribution is -2.09. The van der Waals surface area contributed by atoms with Crippen molar-refractivity contribution in [2.45, 2.75) is 26.7 Å². The first-order chi connectivity index (χ1) is 12.2. The Bertz CT molecular complexity index is 693. The highest BCUT2D eigenvalue weighted by molar-refractivity contribution is 6.02. The molecule has 0 aromatic heterocycles. The normalized spacial score (nSPS) is 10.6. The topological polar surface area (TPSA) is 47.6 Å². The molecule has 0 aliphatic rings. The van der Waals surface area contributed by atoms with Crippen molar-refractivity contribution >= 4 is 17.7 Å². The molecule has 0 atom stereocenters. The molecule has 0 aliphatic heterocycles. The van der Waals surface area contributed by atoms with Crippen LogP contribution in [0.2, 0.25) is 0 Å². The van der Waals surface area contributed by atoms with Gasteiger partial charge in [-0.25, -0.2) is 0 Å². The second-order valence-electron chi connectivity index (χ2n) is 5.58. The van der Waals surface area contributed by atoms with Crippen LogP contribution in [0.4, 0.5) is 5.69 Å². The van der Waals surface area contributed by atoms with Crippen LogP contribution in [0, 0.1) is 0 Å². The predicted octanol–water partition coefficient (Wildman–Crippen LogP) is 4.92. The molecule has 0 radical (unpaired) electrons. The minimum Gasteiger partial charge on any atom is -0.494 e. The van der Waals surface area contributed by atoms with Gasteiger partial charge in [0.15, 0.2) is 0 Å². The summed E-state index contributed by atoms with van der Waals surface area (Å²) in [6.07, 6.45) is 5.18. The zero-order chi connectivity index (χ0) is 17.9. The number of carbonyl (C=O) groups is 1. The molecule has 0 fully saturated rings. The van der Waals surface area contributed by atoms with E-state index >= 15 is 0 Å². The summed E-state index contributed by atoms with van der Waals surface area (Å²) in [6, 6.07) is 15.1. The van der Waals surface area contributed by atoms with Crippen molar-refractivity contribution in [2.75, 3.05) is 18.5 Å². The Kier molecular flexibility index (Phi) is 7.57. The van der Waals surface area contributed by atoms with Crippen LogP contribution in [-0.2, 0) is 4.79 Å². The van der Waals surface area contributed by atoms with Gasteiger partial charge in [0.1, 0.15) is 11.5 Å². The van der Waals surface area contributed by atoms with Crippen LogP contribution in [-0.4, -0.2) is 19.1 Å². The summed E-state index contributed by atoms with van der Waals surface area (Å²) in [5.41, 5.74) is 1.61. The van der Waals surface area contributed by atoms with E-state index in [-0.39, 0.29) is 5.91 Å². The number of hydrogen-bond acceptors (Lipinski definition) is 3. The van der Waals surface area contributed by atoms with Crippen LogP contribution in [0.3, 0.4) is 0 Å². The quantitative estimate of drug-likeness (QED) is 0.660. The summed E-state index contributed by atoms with van der Waals surface area (Å²) in [5, 5.41) is 2.85. The van der Waals surface area contributed by atoms with Gasteiger partial charge in [-0.3, -0.25) is 4.79 Å². The first-order valence-corrected chi connectivity index (χ1v) is 8.66. The molecule has 132 valence electrons.